The van der Waals surface area contributed by atoms with Crippen LogP contribution in [0.15, 0.2) is 158 Å². The van der Waals surface area contributed by atoms with Crippen molar-refractivity contribution in [2.24, 2.45) is 0 Å². The van der Waals surface area contributed by atoms with Crippen LogP contribution in [0.1, 0.15) is 106 Å². The summed E-state index contributed by atoms with van der Waals surface area (Å²) in [6.45, 7) is 14.0. The van der Waals surface area contributed by atoms with Crippen molar-refractivity contribution in [1.29, 1.82) is 5.26 Å². The van der Waals surface area contributed by atoms with E-state index in [1.54, 1.807) is 12.1 Å². The van der Waals surface area contributed by atoms with Gasteiger partial charge in [-0.25, -0.2) is 14.0 Å². The van der Waals surface area contributed by atoms with Crippen molar-refractivity contribution >= 4 is 28.8 Å². The lowest BCUT2D eigenvalue weighted by Gasteiger charge is -2.37. The third-order valence-corrected chi connectivity index (χ3v) is 16.6. The number of carbonyl (C=O) groups is 2. The van der Waals surface area contributed by atoms with Crippen molar-refractivity contribution in [2.45, 2.75) is 166 Å². The van der Waals surface area contributed by atoms with Crippen LogP contribution in [-0.4, -0.2) is 115 Å². The molecule has 0 spiro atoms. The molecule has 2 unspecified atom stereocenters. The molecule has 5 heterocycles. The number of halogens is 1. The first kappa shape index (κ1) is 58.6. The van der Waals surface area contributed by atoms with E-state index >= 15 is 0 Å². The SMILES string of the molecule is CCCCN1C(=O)N(Cc2ccc(F)c(C#N)c2)[C@H](Cc2ccccc2)C2OC(C)(C)OC2[C@H]1Cc1ccccc1.CCCCN1C(=O)N(Cc2ccc3[nH]nc(N)c3c2)[C@H](Cc2ccccc2)[C@@H]2OC(C)(C)O[C@H]2[C@H]1Cc1ccccc1. The van der Waals surface area contributed by atoms with Gasteiger partial charge in [-0.3, -0.25) is 5.10 Å². The molecule has 0 radical (unpaired) electrons. The van der Waals surface area contributed by atoms with Gasteiger partial charge in [-0.1, -0.05) is 160 Å². The maximum atomic E-state index is 14.8. The molecule has 1 aromatic heterocycles. The number of hydrogen-bond acceptors (Lipinski definition) is 9. The Labute approximate surface area is 488 Å². The number of carbonyl (C=O) groups excluding carboxylic acids is 2. The predicted molar refractivity (Wildman–Crippen MR) is 320 cm³/mol. The molecular weight excluding hydrogens is 1040 g/mol. The van der Waals surface area contributed by atoms with E-state index in [9.17, 15) is 19.2 Å². The summed E-state index contributed by atoms with van der Waals surface area (Å²) >= 11 is 0. The number of unbranched alkanes of at least 4 members (excludes halogenated alkanes) is 2. The van der Waals surface area contributed by atoms with E-state index in [1.165, 1.54) is 11.6 Å². The number of hydrogen-bond donors (Lipinski definition) is 2. The molecule has 4 aliphatic rings. The van der Waals surface area contributed by atoms with Gasteiger partial charge in [0, 0.05) is 31.6 Å². The Balaban J connectivity index is 0.000000185. The van der Waals surface area contributed by atoms with E-state index in [0.29, 0.717) is 56.7 Å². The number of aromatic nitrogens is 2. The fourth-order valence-electron chi connectivity index (χ4n) is 12.6. The number of H-pyrrole nitrogens is 1. The summed E-state index contributed by atoms with van der Waals surface area (Å²) in [5.74, 6) is -1.71. The standard InChI is InChI=1S/C34H38FN3O3.C34H41N5O3/c1-4-5-18-37-29(20-24-12-8-6-9-13-24)31-32(41-34(2,3)40-31)30(21-25-14-10-7-11-15-25)38(33(37)39)23-26-16-17-28(35)27(19-26)22-36;1-4-5-18-38-28(20-23-12-8-6-9-13-23)30-31(42-34(2,3)41-30)29(21-24-14-10-7-11-15-24)39(33(38)40)22-25-16-17-27-26(19-25)32(35)37-36-27/h6-17,19,29-32H,4-5,18,20-21,23H2,1-3H3;6-17,19,28-31H,4-5,18,20-22H2,1-3H3,(H3,35,36,37)/t29-,30-,31?,32?;28-,29-,30+,31+/m11/s1. The molecule has 0 bridgehead atoms. The fraction of sp³-hybridized carbons (Fsp3) is 0.412. The van der Waals surface area contributed by atoms with Crippen molar-refractivity contribution in [3.63, 3.8) is 0 Å². The summed E-state index contributed by atoms with van der Waals surface area (Å²) in [5, 5.41) is 17.5. The first-order valence-electron chi connectivity index (χ1n) is 29.5. The molecular formula is C68H79FN8O6. The number of nitriles is 1. The number of nitrogens with zero attached hydrogens (tertiary/aromatic N) is 6. The number of ether oxygens (including phenoxy) is 4. The van der Waals surface area contributed by atoms with E-state index in [1.807, 2.05) is 127 Å². The Morgan fingerprint density at radius 2 is 0.892 bits per heavy atom. The Hall–Kier alpha value is -7.61. The van der Waals surface area contributed by atoms with Crippen molar-refractivity contribution < 1.29 is 32.9 Å². The molecule has 0 saturated carbocycles. The van der Waals surface area contributed by atoms with Crippen molar-refractivity contribution in [2.75, 3.05) is 18.8 Å². The summed E-state index contributed by atoms with van der Waals surface area (Å²) in [6.07, 6.45) is 4.90. The minimum Gasteiger partial charge on any atom is -0.382 e. The van der Waals surface area contributed by atoms with Crippen LogP contribution in [0.5, 0.6) is 0 Å². The zero-order chi connectivity index (χ0) is 58.3. The second-order valence-electron chi connectivity index (χ2n) is 23.5. The second-order valence-corrected chi connectivity index (χ2v) is 23.5. The van der Waals surface area contributed by atoms with Crippen LogP contribution in [0.2, 0.25) is 0 Å². The third-order valence-electron chi connectivity index (χ3n) is 16.6. The molecule has 6 aromatic carbocycles. The Morgan fingerprint density at radius 1 is 0.530 bits per heavy atom. The summed E-state index contributed by atoms with van der Waals surface area (Å²) in [6, 6.07) is 52.5. The summed E-state index contributed by atoms with van der Waals surface area (Å²) in [4.78, 5) is 37.4. The molecule has 434 valence electrons. The molecule has 14 nitrogen and oxygen atoms in total. The van der Waals surface area contributed by atoms with Gasteiger partial charge in [0.1, 0.15) is 36.3 Å². The van der Waals surface area contributed by atoms with Gasteiger partial charge >= 0.3 is 12.1 Å². The number of nitrogen functional groups attached to an aromatic ring is 1. The maximum absolute atomic E-state index is 14.8. The van der Waals surface area contributed by atoms with Gasteiger partial charge in [-0.05, 0) is 124 Å². The third kappa shape index (κ3) is 13.6. The Kier molecular flexibility index (Phi) is 18.3. The van der Waals surface area contributed by atoms with Gasteiger partial charge in [0.2, 0.25) is 0 Å². The highest BCUT2D eigenvalue weighted by atomic mass is 19.1. The van der Waals surface area contributed by atoms with Crippen LogP contribution in [0, 0.1) is 17.1 Å². The molecule has 83 heavy (non-hydrogen) atoms. The molecule has 11 rings (SSSR count). The fourth-order valence-corrected chi connectivity index (χ4v) is 12.6. The topological polar surface area (TPSA) is 163 Å². The average Bonchev–Trinajstić information content (AvgIpc) is 2.24. The van der Waals surface area contributed by atoms with E-state index in [2.05, 4.69) is 89.6 Å². The quantitative estimate of drug-likeness (QED) is 0.0852. The maximum Gasteiger partial charge on any atom is 0.321 e. The van der Waals surface area contributed by atoms with Crippen LogP contribution in [0.3, 0.4) is 0 Å². The van der Waals surface area contributed by atoms with E-state index in [-0.39, 0.29) is 66.6 Å². The van der Waals surface area contributed by atoms with Crippen molar-refractivity contribution in [3.05, 3.63) is 202 Å². The van der Waals surface area contributed by atoms with Crippen LogP contribution in [0.4, 0.5) is 19.8 Å². The molecule has 8 atom stereocenters. The molecule has 0 aliphatic carbocycles. The summed E-state index contributed by atoms with van der Waals surface area (Å²) in [7, 11) is 0. The van der Waals surface area contributed by atoms with E-state index in [4.69, 9.17) is 24.7 Å². The Morgan fingerprint density at radius 3 is 1.27 bits per heavy atom. The van der Waals surface area contributed by atoms with Gasteiger partial charge in [-0.15, -0.1) is 0 Å². The highest BCUT2D eigenvalue weighted by Crippen LogP contribution is 2.42. The number of urea groups is 2. The van der Waals surface area contributed by atoms with Gasteiger partial charge in [0.05, 0.1) is 35.2 Å². The van der Waals surface area contributed by atoms with Crippen molar-refractivity contribution in [3.8, 4) is 6.07 Å². The van der Waals surface area contributed by atoms with Crippen LogP contribution >= 0.6 is 0 Å². The summed E-state index contributed by atoms with van der Waals surface area (Å²) < 4.78 is 41.0. The lowest BCUT2D eigenvalue weighted by Crippen LogP contribution is -2.52. The van der Waals surface area contributed by atoms with Crippen LogP contribution in [0.25, 0.3) is 10.9 Å². The minimum absolute atomic E-state index is 0.0185. The monoisotopic (exact) mass is 1120 g/mol. The number of aromatic amines is 1. The van der Waals surface area contributed by atoms with Crippen molar-refractivity contribution in [1.82, 2.24) is 29.8 Å². The lowest BCUT2D eigenvalue weighted by atomic mass is 9.91. The normalized spacial score (nSPS) is 23.7. The summed E-state index contributed by atoms with van der Waals surface area (Å²) in [5.41, 5.74) is 13.2. The zero-order valence-electron chi connectivity index (χ0n) is 48.7. The van der Waals surface area contributed by atoms with Gasteiger partial charge in [-0.2, -0.15) is 10.4 Å². The minimum atomic E-state index is -0.828. The van der Waals surface area contributed by atoms with E-state index < -0.39 is 23.5 Å². The first-order valence-corrected chi connectivity index (χ1v) is 29.5. The lowest BCUT2D eigenvalue weighted by molar-refractivity contribution is -0.157. The number of amides is 4. The predicted octanol–water partition coefficient (Wildman–Crippen LogP) is 12.4. The van der Waals surface area contributed by atoms with E-state index in [0.717, 1.165) is 58.8 Å². The molecule has 4 fully saturated rings. The van der Waals surface area contributed by atoms with Gasteiger partial charge < -0.3 is 44.3 Å². The molecule has 3 N–H and O–H groups in total. The number of fused-ring (bicyclic) bond motifs is 3. The number of anilines is 1. The average molecular weight is 1120 g/mol. The smallest absolute Gasteiger partial charge is 0.321 e. The highest BCUT2D eigenvalue weighted by molar-refractivity contribution is 5.89. The zero-order valence-corrected chi connectivity index (χ0v) is 48.7. The molecule has 15 heteroatoms. The van der Waals surface area contributed by atoms with Crippen LogP contribution < -0.4 is 5.73 Å². The molecule has 4 aliphatic heterocycles. The van der Waals surface area contributed by atoms with Gasteiger partial charge in [0.15, 0.2) is 17.4 Å². The number of nitrogens with two attached hydrogens (primary N) is 1. The van der Waals surface area contributed by atoms with Gasteiger partial charge in [0.25, 0.3) is 0 Å². The molecule has 4 amide bonds. The number of nitrogens with one attached hydrogen (secondary N) is 1. The number of benzene rings is 6. The first-order chi connectivity index (χ1) is 40.1. The number of rotatable bonds is 18. The largest absolute Gasteiger partial charge is 0.382 e. The molecule has 4 saturated heterocycles. The van der Waals surface area contributed by atoms with Crippen LogP contribution in [-0.2, 0) is 57.7 Å². The molecule has 7 aromatic rings. The second kappa shape index (κ2) is 25.9. The highest BCUT2D eigenvalue weighted by Gasteiger charge is 2.57. The Bertz CT molecular complexity index is 3320.